The van der Waals surface area contributed by atoms with Crippen molar-refractivity contribution in [2.24, 2.45) is 0 Å². The molecule has 1 aromatic heterocycles. The molecule has 0 radical (unpaired) electrons. The van der Waals surface area contributed by atoms with E-state index in [1.54, 1.807) is 12.3 Å². The van der Waals surface area contributed by atoms with Crippen molar-refractivity contribution < 1.29 is 18.2 Å². The lowest BCUT2D eigenvalue weighted by Crippen LogP contribution is -2.19. The molecule has 2 aromatic carbocycles. The van der Waals surface area contributed by atoms with Crippen LogP contribution in [0, 0.1) is 11.3 Å². The number of hydrogen-bond acceptors (Lipinski definition) is 6. The molecule has 1 atom stereocenters. The fraction of sp³-hybridized carbons (Fsp3) is 0.320. The summed E-state index contributed by atoms with van der Waals surface area (Å²) in [5, 5.41) is 10.1. The molecule has 1 aliphatic carbocycles. The monoisotopic (exact) mass is 497 g/mol. The van der Waals surface area contributed by atoms with E-state index in [0.29, 0.717) is 33.6 Å². The Labute approximate surface area is 206 Å². The van der Waals surface area contributed by atoms with Crippen molar-refractivity contribution in [3.63, 3.8) is 0 Å². The van der Waals surface area contributed by atoms with Gasteiger partial charge in [-0.1, -0.05) is 37.6 Å². The molecule has 0 aliphatic heterocycles. The molecule has 1 unspecified atom stereocenters. The SMILES string of the molecule is CC(C)(c1ccc(OCc2ccnc(CS(=O)O)n2)cc1)c1cc(Cl)c(OC2CC2)c(C#N)c1. The topological polar surface area (TPSA) is 105 Å². The van der Waals surface area contributed by atoms with Gasteiger partial charge >= 0.3 is 0 Å². The van der Waals surface area contributed by atoms with Crippen LogP contribution in [0.1, 0.15) is 54.9 Å². The Morgan fingerprint density at radius 3 is 2.59 bits per heavy atom. The Morgan fingerprint density at radius 2 is 1.94 bits per heavy atom. The average molecular weight is 498 g/mol. The lowest BCUT2D eigenvalue weighted by Gasteiger charge is -2.27. The fourth-order valence-electron chi connectivity index (χ4n) is 3.50. The zero-order valence-corrected chi connectivity index (χ0v) is 20.4. The van der Waals surface area contributed by atoms with Crippen LogP contribution in [0.4, 0.5) is 0 Å². The highest BCUT2D eigenvalue weighted by atomic mass is 35.5. The minimum absolute atomic E-state index is 0.122. The first-order chi connectivity index (χ1) is 16.3. The van der Waals surface area contributed by atoms with Gasteiger partial charge in [-0.25, -0.2) is 14.2 Å². The molecule has 0 amide bonds. The number of rotatable bonds is 9. The van der Waals surface area contributed by atoms with Crippen molar-refractivity contribution in [2.75, 3.05) is 0 Å². The van der Waals surface area contributed by atoms with Gasteiger partial charge in [0.15, 0.2) is 16.8 Å². The molecule has 176 valence electrons. The van der Waals surface area contributed by atoms with Gasteiger partial charge in [-0.3, -0.25) is 0 Å². The van der Waals surface area contributed by atoms with Crippen LogP contribution in [0.15, 0.2) is 48.7 Å². The van der Waals surface area contributed by atoms with E-state index in [2.05, 4.69) is 29.9 Å². The van der Waals surface area contributed by atoms with Crippen LogP contribution in [0.2, 0.25) is 5.02 Å². The highest BCUT2D eigenvalue weighted by Gasteiger charge is 2.29. The summed E-state index contributed by atoms with van der Waals surface area (Å²) in [6, 6.07) is 15.3. The smallest absolute Gasteiger partial charge is 0.160 e. The van der Waals surface area contributed by atoms with Crippen LogP contribution in [0.25, 0.3) is 0 Å². The minimum Gasteiger partial charge on any atom is -0.487 e. The predicted molar refractivity (Wildman–Crippen MR) is 129 cm³/mol. The van der Waals surface area contributed by atoms with Crippen molar-refractivity contribution in [3.05, 3.63) is 81.9 Å². The maximum Gasteiger partial charge on any atom is 0.160 e. The average Bonchev–Trinajstić information content (AvgIpc) is 3.63. The third-order valence-electron chi connectivity index (χ3n) is 5.67. The lowest BCUT2D eigenvalue weighted by atomic mass is 9.77. The first-order valence-corrected chi connectivity index (χ1v) is 12.4. The highest BCUT2D eigenvalue weighted by molar-refractivity contribution is 7.78. The van der Waals surface area contributed by atoms with Gasteiger partial charge in [-0.2, -0.15) is 5.26 Å². The second-order valence-electron chi connectivity index (χ2n) is 8.63. The van der Waals surface area contributed by atoms with Crippen molar-refractivity contribution in [2.45, 2.75) is 50.6 Å². The van der Waals surface area contributed by atoms with E-state index in [1.807, 2.05) is 36.4 Å². The standard InChI is InChI=1S/C25H24ClN3O4S/c1-25(2,18-11-16(13-27)24(22(26)12-18)33-21-7-8-21)17-3-5-20(6-4-17)32-14-19-9-10-28-23(29-19)15-34(30)31/h3-6,9-12,21H,7-8,14-15H2,1-2H3,(H,30,31). The number of nitriles is 1. The second-order valence-corrected chi connectivity index (χ2v) is 9.97. The highest BCUT2D eigenvalue weighted by Crippen LogP contribution is 2.40. The molecule has 9 heteroatoms. The Hall–Kier alpha value is -2.99. The number of aromatic nitrogens is 2. The van der Waals surface area contributed by atoms with Gasteiger partial charge in [0.05, 0.1) is 22.4 Å². The quantitative estimate of drug-likeness (QED) is 0.406. The fourth-order valence-corrected chi connectivity index (χ4v) is 4.13. The van der Waals surface area contributed by atoms with Crippen LogP contribution in [-0.4, -0.2) is 24.8 Å². The van der Waals surface area contributed by atoms with E-state index in [0.717, 1.165) is 24.0 Å². The molecule has 0 saturated heterocycles. The summed E-state index contributed by atoms with van der Waals surface area (Å²) < 4.78 is 31.6. The molecular formula is C25H24ClN3O4S. The maximum absolute atomic E-state index is 11.0. The second kappa shape index (κ2) is 10.1. The number of nitrogens with zero attached hydrogens (tertiary/aromatic N) is 3. The summed E-state index contributed by atoms with van der Waals surface area (Å²) in [7, 11) is 0. The summed E-state index contributed by atoms with van der Waals surface area (Å²) in [5.74, 6) is 1.30. The van der Waals surface area contributed by atoms with Crippen molar-refractivity contribution in [1.82, 2.24) is 9.97 Å². The molecule has 1 aliphatic rings. The Balaban J connectivity index is 1.48. The summed E-state index contributed by atoms with van der Waals surface area (Å²) in [6.45, 7) is 4.36. The molecule has 1 heterocycles. The van der Waals surface area contributed by atoms with Crippen molar-refractivity contribution in [1.29, 1.82) is 5.26 Å². The minimum atomic E-state index is -2.00. The molecule has 4 rings (SSSR count). The van der Waals surface area contributed by atoms with Gasteiger partial charge in [0.2, 0.25) is 0 Å². The zero-order chi connectivity index (χ0) is 24.3. The van der Waals surface area contributed by atoms with Crippen LogP contribution < -0.4 is 9.47 Å². The van der Waals surface area contributed by atoms with Crippen LogP contribution in [0.5, 0.6) is 11.5 Å². The lowest BCUT2D eigenvalue weighted by molar-refractivity contribution is 0.300. The maximum atomic E-state index is 11.0. The van der Waals surface area contributed by atoms with Crippen LogP contribution in [-0.2, 0) is 28.9 Å². The van der Waals surface area contributed by atoms with Crippen LogP contribution in [0.3, 0.4) is 0 Å². The summed E-state index contributed by atoms with van der Waals surface area (Å²) >= 11 is 4.51. The molecular weight excluding hydrogens is 474 g/mol. The normalized spacial score (nSPS) is 14.3. The third-order valence-corrected chi connectivity index (χ3v) is 6.46. The molecule has 1 fully saturated rings. The van der Waals surface area contributed by atoms with Gasteiger partial charge in [-0.05, 0) is 54.3 Å². The van der Waals surface area contributed by atoms with Gasteiger partial charge in [0.1, 0.15) is 30.0 Å². The van der Waals surface area contributed by atoms with E-state index in [9.17, 15) is 9.47 Å². The molecule has 7 nitrogen and oxygen atoms in total. The van der Waals surface area contributed by atoms with Gasteiger partial charge in [0.25, 0.3) is 0 Å². The molecule has 0 bridgehead atoms. The first kappa shape index (κ1) is 24.1. The number of hydrogen-bond donors (Lipinski definition) is 1. The molecule has 34 heavy (non-hydrogen) atoms. The van der Waals surface area contributed by atoms with E-state index >= 15 is 0 Å². The van der Waals surface area contributed by atoms with Gasteiger partial charge in [-0.15, -0.1) is 0 Å². The summed E-state index contributed by atoms with van der Waals surface area (Å²) in [5.41, 5.74) is 2.60. The van der Waals surface area contributed by atoms with Crippen molar-refractivity contribution >= 4 is 22.7 Å². The molecule has 1 saturated carbocycles. The van der Waals surface area contributed by atoms with Gasteiger partial charge < -0.3 is 14.0 Å². The number of ether oxygens (including phenoxy) is 2. The molecule has 3 aromatic rings. The van der Waals surface area contributed by atoms with Crippen LogP contribution >= 0.6 is 11.6 Å². The van der Waals surface area contributed by atoms with E-state index in [4.69, 9.17) is 25.6 Å². The Bertz CT molecular complexity index is 1250. The third kappa shape index (κ3) is 5.73. The van der Waals surface area contributed by atoms with E-state index in [1.165, 1.54) is 0 Å². The zero-order valence-electron chi connectivity index (χ0n) is 18.8. The van der Waals surface area contributed by atoms with Gasteiger partial charge in [0, 0.05) is 11.6 Å². The Morgan fingerprint density at radius 1 is 1.21 bits per heavy atom. The van der Waals surface area contributed by atoms with E-state index < -0.39 is 16.5 Å². The largest absolute Gasteiger partial charge is 0.487 e. The number of benzene rings is 2. The summed E-state index contributed by atoms with van der Waals surface area (Å²) in [4.78, 5) is 8.23. The number of halogens is 1. The first-order valence-electron chi connectivity index (χ1n) is 10.8. The summed E-state index contributed by atoms with van der Waals surface area (Å²) in [6.07, 6.45) is 3.68. The van der Waals surface area contributed by atoms with Crippen molar-refractivity contribution in [3.8, 4) is 17.6 Å². The molecule has 1 N–H and O–H groups in total. The van der Waals surface area contributed by atoms with E-state index in [-0.39, 0.29) is 18.5 Å². The predicted octanol–water partition coefficient (Wildman–Crippen LogP) is 5.17. The molecule has 0 spiro atoms. The Kier molecular flexibility index (Phi) is 7.17.